The molecule has 0 fully saturated rings. The summed E-state index contributed by atoms with van der Waals surface area (Å²) in [6.45, 7) is 1.45. The first kappa shape index (κ1) is 14.4. The van der Waals surface area contributed by atoms with Gasteiger partial charge in [-0.3, -0.25) is 0 Å². The largest absolute Gasteiger partial charge is 0.396 e. The molecule has 2 rings (SSSR count). The highest BCUT2D eigenvalue weighted by atomic mass is 19.1. The van der Waals surface area contributed by atoms with Gasteiger partial charge in [0, 0.05) is 25.8 Å². The van der Waals surface area contributed by atoms with E-state index in [4.69, 9.17) is 10.5 Å². The SMILES string of the molecule is COCCCCCn1nnnc1-c1ccc(N)c(F)c1. The second-order valence-corrected chi connectivity index (χ2v) is 4.52. The van der Waals surface area contributed by atoms with E-state index < -0.39 is 5.82 Å². The predicted octanol–water partition coefficient (Wildman–Crippen LogP) is 1.88. The molecule has 0 amide bonds. The van der Waals surface area contributed by atoms with Crippen molar-refractivity contribution in [3.8, 4) is 11.4 Å². The molecule has 2 N–H and O–H groups in total. The van der Waals surface area contributed by atoms with Crippen molar-refractivity contribution in [1.82, 2.24) is 20.2 Å². The minimum atomic E-state index is -0.461. The van der Waals surface area contributed by atoms with Gasteiger partial charge in [-0.15, -0.1) is 5.10 Å². The highest BCUT2D eigenvalue weighted by molar-refractivity contribution is 5.58. The summed E-state index contributed by atoms with van der Waals surface area (Å²) >= 11 is 0. The van der Waals surface area contributed by atoms with Crippen molar-refractivity contribution >= 4 is 5.69 Å². The highest BCUT2D eigenvalue weighted by Crippen LogP contribution is 2.20. The number of halogens is 1. The second-order valence-electron chi connectivity index (χ2n) is 4.52. The second kappa shape index (κ2) is 6.95. The molecule has 0 radical (unpaired) electrons. The van der Waals surface area contributed by atoms with Crippen LogP contribution in [0.2, 0.25) is 0 Å². The van der Waals surface area contributed by atoms with Crippen LogP contribution in [0.1, 0.15) is 19.3 Å². The molecule has 1 aromatic heterocycles. The molecule has 0 aliphatic carbocycles. The first-order valence-corrected chi connectivity index (χ1v) is 6.53. The predicted molar refractivity (Wildman–Crippen MR) is 73.4 cm³/mol. The lowest BCUT2D eigenvalue weighted by Gasteiger charge is -2.05. The van der Waals surface area contributed by atoms with E-state index in [1.807, 2.05) is 0 Å². The van der Waals surface area contributed by atoms with Gasteiger partial charge in [-0.1, -0.05) is 0 Å². The third-order valence-corrected chi connectivity index (χ3v) is 3.01. The summed E-state index contributed by atoms with van der Waals surface area (Å²) in [6.07, 6.45) is 2.98. The summed E-state index contributed by atoms with van der Waals surface area (Å²) in [4.78, 5) is 0. The zero-order valence-electron chi connectivity index (χ0n) is 11.4. The average Bonchev–Trinajstić information content (AvgIpc) is 2.90. The monoisotopic (exact) mass is 279 g/mol. The number of rotatable bonds is 7. The third kappa shape index (κ3) is 3.51. The number of benzene rings is 1. The number of tetrazole rings is 1. The molecule has 0 saturated heterocycles. The lowest BCUT2D eigenvalue weighted by atomic mass is 10.2. The number of aryl methyl sites for hydroxylation is 1. The number of aromatic nitrogens is 4. The van der Waals surface area contributed by atoms with Gasteiger partial charge >= 0.3 is 0 Å². The van der Waals surface area contributed by atoms with Gasteiger partial charge in [0.25, 0.3) is 0 Å². The van der Waals surface area contributed by atoms with Crippen LogP contribution in [0.25, 0.3) is 11.4 Å². The van der Waals surface area contributed by atoms with E-state index >= 15 is 0 Å². The first-order chi connectivity index (χ1) is 9.72. The summed E-state index contributed by atoms with van der Waals surface area (Å²) in [7, 11) is 1.69. The fourth-order valence-corrected chi connectivity index (χ4v) is 1.91. The van der Waals surface area contributed by atoms with Crippen LogP contribution in [0, 0.1) is 5.82 Å². The minimum Gasteiger partial charge on any atom is -0.396 e. The Balaban J connectivity index is 2.02. The Bertz CT molecular complexity index is 557. The molecule has 0 bridgehead atoms. The molecular formula is C13H18FN5O. The maximum absolute atomic E-state index is 13.5. The van der Waals surface area contributed by atoms with E-state index in [1.54, 1.807) is 17.9 Å². The number of unbranched alkanes of at least 4 members (excludes halogenated alkanes) is 2. The Morgan fingerprint density at radius 3 is 2.90 bits per heavy atom. The van der Waals surface area contributed by atoms with Gasteiger partial charge in [-0.05, 0) is 47.9 Å². The van der Waals surface area contributed by atoms with E-state index in [1.165, 1.54) is 12.1 Å². The van der Waals surface area contributed by atoms with Crippen LogP contribution < -0.4 is 5.73 Å². The fraction of sp³-hybridized carbons (Fsp3) is 0.462. The molecule has 0 atom stereocenters. The van der Waals surface area contributed by atoms with Crippen LogP contribution >= 0.6 is 0 Å². The van der Waals surface area contributed by atoms with Gasteiger partial charge < -0.3 is 10.5 Å². The average molecular weight is 279 g/mol. The van der Waals surface area contributed by atoms with Gasteiger partial charge in [-0.2, -0.15) is 0 Å². The zero-order valence-corrected chi connectivity index (χ0v) is 11.4. The van der Waals surface area contributed by atoms with E-state index in [2.05, 4.69) is 15.5 Å². The number of ether oxygens (including phenoxy) is 1. The van der Waals surface area contributed by atoms with E-state index in [0.29, 0.717) is 17.9 Å². The third-order valence-electron chi connectivity index (χ3n) is 3.01. The van der Waals surface area contributed by atoms with E-state index in [9.17, 15) is 4.39 Å². The Morgan fingerprint density at radius 2 is 2.15 bits per heavy atom. The van der Waals surface area contributed by atoms with Crippen molar-refractivity contribution in [1.29, 1.82) is 0 Å². The normalized spacial score (nSPS) is 10.9. The summed E-state index contributed by atoms with van der Waals surface area (Å²) < 4.78 is 20.2. The van der Waals surface area contributed by atoms with Crippen molar-refractivity contribution < 1.29 is 9.13 Å². The van der Waals surface area contributed by atoms with E-state index in [-0.39, 0.29) is 5.69 Å². The molecule has 7 heteroatoms. The van der Waals surface area contributed by atoms with Gasteiger partial charge in [0.1, 0.15) is 5.82 Å². The first-order valence-electron chi connectivity index (χ1n) is 6.53. The molecule has 108 valence electrons. The molecule has 0 aliphatic heterocycles. The molecule has 0 saturated carbocycles. The van der Waals surface area contributed by atoms with Crippen LogP contribution in [0.4, 0.5) is 10.1 Å². The fourth-order valence-electron chi connectivity index (χ4n) is 1.91. The molecule has 2 aromatic rings. The molecule has 1 aromatic carbocycles. The number of nitrogen functional groups attached to an aromatic ring is 1. The van der Waals surface area contributed by atoms with Crippen LogP contribution in [0.15, 0.2) is 18.2 Å². The molecule has 1 heterocycles. The Kier molecular flexibility index (Phi) is 5.00. The number of nitrogens with zero attached hydrogens (tertiary/aromatic N) is 4. The number of anilines is 1. The van der Waals surface area contributed by atoms with E-state index in [0.717, 1.165) is 25.9 Å². The number of methoxy groups -OCH3 is 1. The topological polar surface area (TPSA) is 78.8 Å². The Morgan fingerprint density at radius 1 is 1.30 bits per heavy atom. The standard InChI is InChI=1S/C13H18FN5O/c1-20-8-4-2-3-7-19-13(16-17-18-19)10-5-6-12(15)11(14)9-10/h5-6,9H,2-4,7-8,15H2,1H3. The van der Waals surface area contributed by atoms with Crippen molar-refractivity contribution in [2.24, 2.45) is 0 Å². The molecule has 0 aliphatic rings. The summed E-state index contributed by atoms with van der Waals surface area (Å²) in [6, 6.07) is 4.58. The van der Waals surface area contributed by atoms with Crippen molar-refractivity contribution in [3.05, 3.63) is 24.0 Å². The van der Waals surface area contributed by atoms with Crippen LogP contribution in [-0.4, -0.2) is 33.9 Å². The Hall–Kier alpha value is -2.02. The zero-order chi connectivity index (χ0) is 14.4. The van der Waals surface area contributed by atoms with Gasteiger partial charge in [0.05, 0.1) is 5.69 Å². The smallest absolute Gasteiger partial charge is 0.182 e. The maximum Gasteiger partial charge on any atom is 0.182 e. The number of hydrogen-bond donors (Lipinski definition) is 1. The lowest BCUT2D eigenvalue weighted by molar-refractivity contribution is 0.191. The molecule has 6 nitrogen and oxygen atoms in total. The maximum atomic E-state index is 13.5. The quantitative estimate of drug-likeness (QED) is 0.618. The number of hydrogen-bond acceptors (Lipinski definition) is 5. The summed E-state index contributed by atoms with van der Waals surface area (Å²) in [5.41, 5.74) is 6.20. The minimum absolute atomic E-state index is 0.118. The van der Waals surface area contributed by atoms with Crippen LogP contribution in [-0.2, 0) is 11.3 Å². The summed E-state index contributed by atoms with van der Waals surface area (Å²) in [5.74, 6) is 0.0905. The number of nitrogens with two attached hydrogens (primary N) is 1. The van der Waals surface area contributed by atoms with Crippen LogP contribution in [0.3, 0.4) is 0 Å². The van der Waals surface area contributed by atoms with Gasteiger partial charge in [0.2, 0.25) is 0 Å². The van der Waals surface area contributed by atoms with Gasteiger partial charge in [-0.25, -0.2) is 9.07 Å². The van der Waals surface area contributed by atoms with Gasteiger partial charge in [0.15, 0.2) is 5.82 Å². The molecule has 20 heavy (non-hydrogen) atoms. The van der Waals surface area contributed by atoms with Crippen molar-refractivity contribution in [2.75, 3.05) is 19.5 Å². The van der Waals surface area contributed by atoms with Crippen molar-refractivity contribution in [3.63, 3.8) is 0 Å². The molecular weight excluding hydrogens is 261 g/mol. The molecule has 0 unspecified atom stereocenters. The molecule has 0 spiro atoms. The van der Waals surface area contributed by atoms with Crippen LogP contribution in [0.5, 0.6) is 0 Å². The Labute approximate surface area is 116 Å². The summed E-state index contributed by atoms with van der Waals surface area (Å²) in [5, 5.41) is 11.5. The van der Waals surface area contributed by atoms with Crippen molar-refractivity contribution in [2.45, 2.75) is 25.8 Å². The highest BCUT2D eigenvalue weighted by Gasteiger charge is 2.10. The lowest BCUT2D eigenvalue weighted by Crippen LogP contribution is -2.04.